The van der Waals surface area contributed by atoms with Crippen molar-refractivity contribution in [3.63, 3.8) is 0 Å². The average molecular weight is 1050 g/mol. The van der Waals surface area contributed by atoms with Gasteiger partial charge < -0.3 is 38.7 Å². The number of ether oxygens (including phenoxy) is 3. The summed E-state index contributed by atoms with van der Waals surface area (Å²) in [5.41, 5.74) is 11.0. The van der Waals surface area contributed by atoms with Gasteiger partial charge in [0.25, 0.3) is 6.47 Å². The highest BCUT2D eigenvalue weighted by atomic mass is 16.5. The van der Waals surface area contributed by atoms with Crippen LogP contribution in [0.25, 0.3) is 22.2 Å². The molecule has 3 unspecified atom stereocenters. The maximum atomic E-state index is 12.2. The Morgan fingerprint density at radius 1 is 0.895 bits per heavy atom. The predicted octanol–water partition coefficient (Wildman–Crippen LogP) is 9.28. The summed E-state index contributed by atoms with van der Waals surface area (Å²) in [6, 6.07) is 21.4. The van der Waals surface area contributed by atoms with Crippen molar-refractivity contribution < 1.29 is 28.6 Å². The lowest BCUT2D eigenvalue weighted by molar-refractivity contribution is -0.131. The molecule has 0 radical (unpaired) electrons. The lowest BCUT2D eigenvalue weighted by Crippen LogP contribution is -2.52. The molecular formula is C61H97N9O6. The Morgan fingerprint density at radius 3 is 2.07 bits per heavy atom. The van der Waals surface area contributed by atoms with Crippen molar-refractivity contribution in [1.82, 2.24) is 35.1 Å². The zero-order chi connectivity index (χ0) is 55.2. The third-order valence-corrected chi connectivity index (χ3v) is 15.2. The number of aryl methyl sites for hydroxylation is 1. The number of rotatable bonds is 18. The number of morpholine rings is 1. The molecule has 0 spiro atoms. The number of methoxy groups -OCH3 is 1. The molecule has 76 heavy (non-hydrogen) atoms. The summed E-state index contributed by atoms with van der Waals surface area (Å²) in [5.74, 6) is 1.10. The maximum absolute atomic E-state index is 12.2. The third kappa shape index (κ3) is 17.3. The number of benzene rings is 2. The third-order valence-electron chi connectivity index (χ3n) is 15.2. The molecule has 7 heterocycles. The first-order valence-corrected chi connectivity index (χ1v) is 28.7. The summed E-state index contributed by atoms with van der Waals surface area (Å²) in [7, 11) is 3.83. The van der Waals surface area contributed by atoms with Crippen LogP contribution in [0.3, 0.4) is 0 Å². The number of hydrogen-bond donors (Lipinski definition) is 2. The van der Waals surface area contributed by atoms with Crippen LogP contribution in [0, 0.1) is 17.3 Å². The van der Waals surface area contributed by atoms with Crippen LogP contribution in [0.2, 0.25) is 0 Å². The first-order valence-electron chi connectivity index (χ1n) is 28.7. The van der Waals surface area contributed by atoms with E-state index in [-0.39, 0.29) is 35.4 Å². The highest BCUT2D eigenvalue weighted by Gasteiger charge is 2.48. The van der Waals surface area contributed by atoms with Crippen molar-refractivity contribution in [2.75, 3.05) is 109 Å². The predicted molar refractivity (Wildman–Crippen MR) is 311 cm³/mol. The van der Waals surface area contributed by atoms with Crippen molar-refractivity contribution in [3.8, 4) is 11.3 Å². The largest absolute Gasteiger partial charge is 0.467 e. The second-order valence-electron chi connectivity index (χ2n) is 22.0. The van der Waals surface area contributed by atoms with Gasteiger partial charge in [0, 0.05) is 113 Å². The minimum Gasteiger partial charge on any atom is -0.467 e. The van der Waals surface area contributed by atoms with E-state index in [0.29, 0.717) is 19.1 Å². The Hall–Kier alpha value is -4.90. The summed E-state index contributed by atoms with van der Waals surface area (Å²) < 4.78 is 19.3. The second kappa shape index (κ2) is 31.5. The van der Waals surface area contributed by atoms with E-state index in [0.717, 1.165) is 114 Å². The lowest BCUT2D eigenvalue weighted by atomic mass is 9.84. The molecule has 1 aliphatic carbocycles. The first kappa shape index (κ1) is 61.9. The molecule has 15 nitrogen and oxygen atoms in total. The monoisotopic (exact) mass is 1050 g/mol. The topological polar surface area (TPSA) is 137 Å². The highest BCUT2D eigenvalue weighted by molar-refractivity contribution is 5.95. The lowest BCUT2D eigenvalue weighted by Gasteiger charge is -2.36. The van der Waals surface area contributed by atoms with Crippen LogP contribution in [0.15, 0.2) is 66.9 Å². The Kier molecular flexibility index (Phi) is 25.7. The maximum Gasteiger partial charge on any atom is 0.293 e. The molecule has 2 aromatic carbocycles. The van der Waals surface area contributed by atoms with Gasteiger partial charge >= 0.3 is 0 Å². The molecule has 10 rings (SSSR count). The Balaban J connectivity index is 0.000000267. The summed E-state index contributed by atoms with van der Waals surface area (Å²) in [4.78, 5) is 48.9. The number of carbonyl (C=O) groups is 3. The fourth-order valence-electron chi connectivity index (χ4n) is 11.1. The number of hydrazine groups is 1. The zero-order valence-electron chi connectivity index (χ0n) is 48.7. The van der Waals surface area contributed by atoms with Gasteiger partial charge in [-0.3, -0.25) is 29.8 Å². The molecule has 2 bridgehead atoms. The van der Waals surface area contributed by atoms with Crippen LogP contribution in [0.5, 0.6) is 0 Å². The Labute approximate surface area is 457 Å². The van der Waals surface area contributed by atoms with E-state index in [9.17, 15) is 14.4 Å². The molecule has 1 amide bonds. The minimum atomic E-state index is -0.388. The van der Waals surface area contributed by atoms with Crippen molar-refractivity contribution in [2.45, 2.75) is 139 Å². The number of aromatic nitrogens is 2. The van der Waals surface area contributed by atoms with E-state index >= 15 is 0 Å². The van der Waals surface area contributed by atoms with Gasteiger partial charge in [0.1, 0.15) is 6.29 Å². The Bertz CT molecular complexity index is 2290. The van der Waals surface area contributed by atoms with Gasteiger partial charge in [-0.15, -0.1) is 0 Å². The SMILES string of the molecule is CC.CC(C=O)NC(=O)C(C(C)C)N1CC2CC1C2.CCCN1CCN(c2cnc(C(C)OC)c(-c3c(CC(C)(C)COC=O)c4cc(N5CCOCC5)ccc4n3CC)c2)CC1.CN1CCCCN1.c1ccccc1. The van der Waals surface area contributed by atoms with Crippen LogP contribution >= 0.6 is 0 Å². The molecule has 4 aromatic rings. The standard InChI is InChI=1S/C35H51N5O4.C13H22N2O2.C6H6.C5H12N2.C2H6/c1-7-11-37-12-14-38(15-13-37)28-21-30(33(36-23-28)26(3)42-6)34-31(22-35(4,5)24-44-25-41)29-20-27(39-16-18-43-19-17-39)9-10-32(29)40(34)8-2;1-8(2)12(13(17)14-9(3)7-16)15-6-10-4-11(15)5-10;1-2-4-6-5-3-1;1-7-5-3-2-4-6-7;1-2/h9-10,20-21,23,25-26H,7-8,11-19,22,24H2,1-6H3;7-12H,4-6H2,1-3H3,(H,14,17);1-6H;6H,2-5H2,1H3;1-2H3. The number of pyridine rings is 1. The second-order valence-corrected chi connectivity index (χ2v) is 22.0. The average Bonchev–Trinajstić information content (AvgIpc) is 4.13. The number of hydrogen-bond acceptors (Lipinski definition) is 13. The van der Waals surface area contributed by atoms with Crippen LogP contribution < -0.4 is 20.5 Å². The van der Waals surface area contributed by atoms with Crippen LogP contribution in [-0.2, 0) is 41.6 Å². The van der Waals surface area contributed by atoms with Gasteiger partial charge in [0.15, 0.2) is 0 Å². The van der Waals surface area contributed by atoms with E-state index in [2.05, 4.69) is 120 Å². The van der Waals surface area contributed by atoms with E-state index < -0.39 is 0 Å². The number of anilines is 2. The van der Waals surface area contributed by atoms with Crippen LogP contribution in [0.4, 0.5) is 11.4 Å². The van der Waals surface area contributed by atoms with Crippen molar-refractivity contribution >= 4 is 40.9 Å². The van der Waals surface area contributed by atoms with E-state index in [1.807, 2.05) is 56.4 Å². The van der Waals surface area contributed by atoms with Gasteiger partial charge in [-0.05, 0) is 108 Å². The smallest absolute Gasteiger partial charge is 0.293 e. The summed E-state index contributed by atoms with van der Waals surface area (Å²) in [6.07, 6.45) is 9.74. The normalized spacial score (nSPS) is 20.0. The van der Waals surface area contributed by atoms with Crippen molar-refractivity contribution in [1.29, 1.82) is 0 Å². The number of fused-ring (bicyclic) bond motifs is 2. The number of aldehydes is 1. The molecule has 2 aromatic heterocycles. The van der Waals surface area contributed by atoms with Crippen LogP contribution in [0.1, 0.15) is 119 Å². The van der Waals surface area contributed by atoms with Gasteiger partial charge in [-0.25, -0.2) is 5.01 Å². The first-order chi connectivity index (χ1) is 36.7. The molecule has 15 heteroatoms. The zero-order valence-corrected chi connectivity index (χ0v) is 48.7. The van der Waals surface area contributed by atoms with Gasteiger partial charge in [-0.1, -0.05) is 84.9 Å². The molecule has 6 fully saturated rings. The molecule has 1 saturated carbocycles. The van der Waals surface area contributed by atoms with E-state index in [1.54, 1.807) is 14.0 Å². The summed E-state index contributed by atoms with van der Waals surface area (Å²) in [5, 5.41) is 6.16. The van der Waals surface area contributed by atoms with Crippen LogP contribution in [-0.4, -0.2) is 161 Å². The fourth-order valence-corrected chi connectivity index (χ4v) is 11.1. The van der Waals surface area contributed by atoms with Gasteiger partial charge in [0.2, 0.25) is 5.91 Å². The molecule has 2 N–H and O–H groups in total. The van der Waals surface area contributed by atoms with E-state index in [1.165, 1.54) is 66.5 Å². The number of nitrogens with zero attached hydrogens (tertiary/aromatic N) is 7. The Morgan fingerprint density at radius 2 is 1.55 bits per heavy atom. The fraction of sp³-hybridized carbons (Fsp3) is 0.639. The molecule has 5 aliphatic heterocycles. The molecule has 422 valence electrons. The van der Waals surface area contributed by atoms with Gasteiger partial charge in [0.05, 0.1) is 61.3 Å². The van der Waals surface area contributed by atoms with Crippen molar-refractivity contribution in [3.05, 3.63) is 78.1 Å². The molecule has 3 atom stereocenters. The molecule has 6 aliphatic rings. The number of piperazine rings is 1. The van der Waals surface area contributed by atoms with Gasteiger partial charge in [-0.2, -0.15) is 0 Å². The summed E-state index contributed by atoms with van der Waals surface area (Å²) in [6.45, 7) is 34.4. The summed E-state index contributed by atoms with van der Waals surface area (Å²) >= 11 is 0. The number of carbonyl (C=O) groups excluding carboxylic acids is 3. The number of amides is 1. The van der Waals surface area contributed by atoms with E-state index in [4.69, 9.17) is 19.2 Å². The minimum absolute atomic E-state index is 0.00662. The highest BCUT2D eigenvalue weighted by Crippen LogP contribution is 2.44. The molecular weight excluding hydrogens is 955 g/mol. The molecule has 5 saturated heterocycles. The van der Waals surface area contributed by atoms with Crippen molar-refractivity contribution in [2.24, 2.45) is 17.3 Å². The quantitative estimate of drug-likeness (QED) is 0.0918. The number of nitrogens with one attached hydrogen (secondary N) is 2.